The first-order valence-electron chi connectivity index (χ1n) is 8.10. The summed E-state index contributed by atoms with van der Waals surface area (Å²) in [6, 6.07) is 7.63. The number of para-hydroxylation sites is 2. The van der Waals surface area contributed by atoms with Gasteiger partial charge in [-0.2, -0.15) is 5.10 Å². The van der Waals surface area contributed by atoms with Crippen molar-refractivity contribution in [2.24, 2.45) is 7.05 Å². The third-order valence-corrected chi connectivity index (χ3v) is 4.63. The average molecular weight is 351 g/mol. The normalized spacial score (nSPS) is 12.6. The number of hydrogen-bond acceptors (Lipinski definition) is 5. The lowest BCUT2D eigenvalue weighted by atomic mass is 10.1. The highest BCUT2D eigenvalue weighted by molar-refractivity contribution is 5.96. The number of rotatable bonds is 3. The number of fused-ring (bicyclic) bond motifs is 2. The van der Waals surface area contributed by atoms with Gasteiger partial charge >= 0.3 is 5.97 Å². The number of pyridine rings is 1. The van der Waals surface area contributed by atoms with Gasteiger partial charge in [0.25, 0.3) is 5.56 Å². The van der Waals surface area contributed by atoms with Crippen LogP contribution in [0.25, 0.3) is 22.3 Å². The quantitative estimate of drug-likeness (QED) is 0.569. The maximum absolute atomic E-state index is 12.1. The molecule has 2 aliphatic rings. The molecule has 1 unspecified atom stereocenters. The van der Waals surface area contributed by atoms with Crippen LogP contribution in [0.2, 0.25) is 0 Å². The molecule has 2 aliphatic heterocycles. The second-order valence-electron chi connectivity index (χ2n) is 6.12. The first-order chi connectivity index (χ1) is 12.5. The van der Waals surface area contributed by atoms with Crippen molar-refractivity contribution in [3.63, 3.8) is 0 Å². The molecule has 1 N–H and O–H groups in total. The van der Waals surface area contributed by atoms with Crippen LogP contribution in [-0.4, -0.2) is 37.4 Å². The summed E-state index contributed by atoms with van der Waals surface area (Å²) in [7, 11) is 3.24. The fraction of sp³-hybridized carbons (Fsp3) is 0.222. The van der Waals surface area contributed by atoms with E-state index in [4.69, 9.17) is 9.72 Å². The number of nitrogens with zero attached hydrogens (tertiary/aromatic N) is 4. The lowest BCUT2D eigenvalue weighted by Gasteiger charge is -2.18. The first kappa shape index (κ1) is 16.1. The number of esters is 1. The number of aromatic nitrogens is 5. The van der Waals surface area contributed by atoms with E-state index < -0.39 is 5.97 Å². The summed E-state index contributed by atoms with van der Waals surface area (Å²) in [6.07, 6.45) is 3.32. The van der Waals surface area contributed by atoms with Crippen molar-refractivity contribution in [1.29, 1.82) is 0 Å². The van der Waals surface area contributed by atoms with E-state index >= 15 is 0 Å². The minimum atomic E-state index is -0.548. The van der Waals surface area contributed by atoms with Gasteiger partial charge in [0.15, 0.2) is 0 Å². The van der Waals surface area contributed by atoms with E-state index in [0.717, 1.165) is 16.9 Å². The standard InChI is InChI=1S/C18H17N5O3/c1-10(16-19-13-6-4-5-7-14(13)22(16)2)23-8-11-15(20-21-17(11)24)12(9-23)18(25)26-3/h4-10H,1-3H3,(H,21,24). The molecule has 26 heavy (non-hydrogen) atoms. The Labute approximate surface area is 148 Å². The summed E-state index contributed by atoms with van der Waals surface area (Å²) in [5, 5.41) is 6.33. The molecule has 0 fully saturated rings. The van der Waals surface area contributed by atoms with Crippen molar-refractivity contribution < 1.29 is 9.53 Å². The molecule has 0 saturated carbocycles. The summed E-state index contributed by atoms with van der Waals surface area (Å²) >= 11 is 0. The summed E-state index contributed by atoms with van der Waals surface area (Å²) < 4.78 is 8.62. The topological polar surface area (TPSA) is 94.8 Å². The molecule has 2 aromatic rings. The Morgan fingerprint density at radius 1 is 1.27 bits per heavy atom. The lowest BCUT2D eigenvalue weighted by Crippen LogP contribution is -2.17. The van der Waals surface area contributed by atoms with Crippen molar-refractivity contribution in [3.8, 4) is 11.3 Å². The van der Waals surface area contributed by atoms with Gasteiger partial charge in [-0.05, 0) is 19.1 Å². The molecule has 0 spiro atoms. The smallest absolute Gasteiger partial charge is 0.341 e. The SMILES string of the molecule is COC(=O)c1cn(C(C)c2nc3ccccc3n2C)cc2c(=O)[nH]nc1-2. The first-order valence-corrected chi connectivity index (χ1v) is 8.10. The predicted octanol–water partition coefficient (Wildman–Crippen LogP) is 1.96. The highest BCUT2D eigenvalue weighted by Crippen LogP contribution is 2.26. The number of H-pyrrole nitrogens is 1. The highest BCUT2D eigenvalue weighted by atomic mass is 16.5. The number of aromatic amines is 1. The monoisotopic (exact) mass is 351 g/mol. The van der Waals surface area contributed by atoms with E-state index in [9.17, 15) is 9.59 Å². The van der Waals surface area contributed by atoms with Crippen LogP contribution >= 0.6 is 0 Å². The molecule has 8 heteroatoms. The third-order valence-electron chi connectivity index (χ3n) is 4.63. The molecule has 1 aromatic carbocycles. The summed E-state index contributed by atoms with van der Waals surface area (Å²) in [6.45, 7) is 1.96. The summed E-state index contributed by atoms with van der Waals surface area (Å²) in [5.74, 6) is 0.260. The van der Waals surface area contributed by atoms with Gasteiger partial charge in [0, 0.05) is 19.4 Å². The fourth-order valence-corrected chi connectivity index (χ4v) is 3.21. The van der Waals surface area contributed by atoms with E-state index in [1.807, 2.05) is 42.8 Å². The van der Waals surface area contributed by atoms with Crippen LogP contribution in [0.15, 0.2) is 41.5 Å². The Morgan fingerprint density at radius 3 is 2.77 bits per heavy atom. The van der Waals surface area contributed by atoms with E-state index in [2.05, 4.69) is 10.2 Å². The molecular formula is C18H17N5O3. The number of carbonyl (C=O) groups is 1. The van der Waals surface area contributed by atoms with Gasteiger partial charge in [-0.3, -0.25) is 4.79 Å². The van der Waals surface area contributed by atoms with Gasteiger partial charge in [0.05, 0.1) is 29.7 Å². The van der Waals surface area contributed by atoms with Crippen LogP contribution in [0, 0.1) is 0 Å². The number of ether oxygens (including phenoxy) is 1. The van der Waals surface area contributed by atoms with Crippen LogP contribution in [0.3, 0.4) is 0 Å². The van der Waals surface area contributed by atoms with Crippen LogP contribution in [-0.2, 0) is 11.8 Å². The molecule has 132 valence electrons. The summed E-state index contributed by atoms with van der Waals surface area (Å²) in [4.78, 5) is 28.9. The molecule has 8 nitrogen and oxygen atoms in total. The fourth-order valence-electron chi connectivity index (χ4n) is 3.21. The second-order valence-corrected chi connectivity index (χ2v) is 6.12. The molecule has 3 heterocycles. The molecule has 1 aromatic heterocycles. The molecule has 4 rings (SSSR count). The largest absolute Gasteiger partial charge is 0.465 e. The molecule has 0 radical (unpaired) electrons. The van der Waals surface area contributed by atoms with Crippen molar-refractivity contribution in [2.75, 3.05) is 7.11 Å². The zero-order valence-electron chi connectivity index (χ0n) is 14.6. The highest BCUT2D eigenvalue weighted by Gasteiger charge is 2.24. The molecule has 0 bridgehead atoms. The Bertz CT molecular complexity index is 1150. The third kappa shape index (κ3) is 2.30. The number of nitrogens with one attached hydrogen (secondary N) is 1. The molecule has 1 atom stereocenters. The van der Waals surface area contributed by atoms with Crippen molar-refractivity contribution in [1.82, 2.24) is 24.3 Å². The molecular weight excluding hydrogens is 334 g/mol. The van der Waals surface area contributed by atoms with E-state index in [0.29, 0.717) is 11.3 Å². The number of imidazole rings is 1. The Hall–Kier alpha value is -3.42. The van der Waals surface area contributed by atoms with E-state index in [-0.39, 0.29) is 17.2 Å². The van der Waals surface area contributed by atoms with Gasteiger partial charge in [-0.15, -0.1) is 0 Å². The number of hydrogen-bond donors (Lipinski definition) is 1. The van der Waals surface area contributed by atoms with Crippen LogP contribution in [0.4, 0.5) is 0 Å². The Balaban J connectivity index is 1.91. The number of methoxy groups -OCH3 is 1. The van der Waals surface area contributed by atoms with Crippen LogP contribution in [0.5, 0.6) is 0 Å². The van der Waals surface area contributed by atoms with Gasteiger partial charge in [-0.25, -0.2) is 14.9 Å². The molecule has 0 saturated heterocycles. The molecule has 0 aliphatic carbocycles. The summed E-state index contributed by atoms with van der Waals surface area (Å²) in [5.41, 5.74) is 2.41. The van der Waals surface area contributed by atoms with Gasteiger partial charge in [0.1, 0.15) is 17.1 Å². The predicted molar refractivity (Wildman–Crippen MR) is 95.3 cm³/mol. The Morgan fingerprint density at radius 2 is 2.04 bits per heavy atom. The maximum atomic E-state index is 12.1. The van der Waals surface area contributed by atoms with Crippen LogP contribution in [0.1, 0.15) is 29.1 Å². The van der Waals surface area contributed by atoms with Gasteiger partial charge in [0.2, 0.25) is 0 Å². The lowest BCUT2D eigenvalue weighted by molar-refractivity contribution is 0.0600. The zero-order valence-corrected chi connectivity index (χ0v) is 14.6. The van der Waals surface area contributed by atoms with Gasteiger partial charge < -0.3 is 13.9 Å². The number of carbonyl (C=O) groups excluding carboxylic acids is 1. The Kier molecular flexibility index (Phi) is 3.61. The van der Waals surface area contributed by atoms with Crippen molar-refractivity contribution in [3.05, 3.63) is 58.4 Å². The number of benzene rings is 1. The minimum Gasteiger partial charge on any atom is -0.465 e. The van der Waals surface area contributed by atoms with Crippen molar-refractivity contribution in [2.45, 2.75) is 13.0 Å². The molecule has 0 amide bonds. The van der Waals surface area contributed by atoms with E-state index in [1.165, 1.54) is 7.11 Å². The van der Waals surface area contributed by atoms with Gasteiger partial charge in [-0.1, -0.05) is 12.1 Å². The zero-order chi connectivity index (χ0) is 18.4. The number of aryl methyl sites for hydroxylation is 1. The average Bonchev–Trinajstić information content (AvgIpc) is 3.20. The minimum absolute atomic E-state index is 0.213. The van der Waals surface area contributed by atoms with E-state index in [1.54, 1.807) is 17.0 Å². The van der Waals surface area contributed by atoms with Crippen LogP contribution < -0.4 is 5.56 Å². The van der Waals surface area contributed by atoms with Crippen molar-refractivity contribution >= 4 is 17.0 Å². The maximum Gasteiger partial charge on any atom is 0.341 e. The second kappa shape index (κ2) is 5.83.